The SMILES string of the molecule is Nc1ccc(C(=O)O)cc1NC(=O)CSCC1CCCCCCC1. The van der Waals surface area contributed by atoms with Crippen LogP contribution in [-0.4, -0.2) is 28.5 Å². The molecule has 24 heavy (non-hydrogen) atoms. The van der Waals surface area contributed by atoms with Gasteiger partial charge in [-0.3, -0.25) is 4.79 Å². The number of amides is 1. The number of thioether (sulfide) groups is 1. The Hall–Kier alpha value is -1.69. The molecule has 0 saturated heterocycles. The van der Waals surface area contributed by atoms with E-state index in [9.17, 15) is 9.59 Å². The van der Waals surface area contributed by atoms with Gasteiger partial charge in [-0.1, -0.05) is 32.1 Å². The van der Waals surface area contributed by atoms with E-state index in [1.807, 2.05) is 0 Å². The average molecular weight is 350 g/mol. The van der Waals surface area contributed by atoms with E-state index in [2.05, 4.69) is 5.32 Å². The van der Waals surface area contributed by atoms with Gasteiger partial charge < -0.3 is 16.2 Å². The Bertz CT molecular complexity index is 569. The fraction of sp³-hybridized carbons (Fsp3) is 0.556. The molecule has 1 aromatic rings. The van der Waals surface area contributed by atoms with Crippen molar-refractivity contribution in [2.24, 2.45) is 5.92 Å². The molecule has 1 aliphatic rings. The largest absolute Gasteiger partial charge is 0.478 e. The van der Waals surface area contributed by atoms with E-state index in [0.717, 1.165) is 5.75 Å². The standard InChI is InChI=1S/C18H26N2O3S/c19-15-9-8-14(18(22)23)10-16(15)20-17(21)12-24-11-13-6-4-2-1-3-5-7-13/h8-10,13H,1-7,11-12,19H2,(H,20,21)(H,22,23). The lowest BCUT2D eigenvalue weighted by Crippen LogP contribution is -2.17. The van der Waals surface area contributed by atoms with Crippen LogP contribution in [-0.2, 0) is 4.79 Å². The van der Waals surface area contributed by atoms with Gasteiger partial charge in [0.25, 0.3) is 0 Å². The smallest absolute Gasteiger partial charge is 0.335 e. The molecular formula is C18H26N2O3S. The number of benzene rings is 1. The average Bonchev–Trinajstić information content (AvgIpc) is 2.51. The Kier molecular flexibility index (Phi) is 7.43. The van der Waals surface area contributed by atoms with Crippen molar-refractivity contribution in [2.45, 2.75) is 44.9 Å². The number of rotatable bonds is 6. The van der Waals surface area contributed by atoms with Crippen molar-refractivity contribution in [3.63, 3.8) is 0 Å². The van der Waals surface area contributed by atoms with Gasteiger partial charge in [0, 0.05) is 0 Å². The molecule has 1 saturated carbocycles. The van der Waals surface area contributed by atoms with Crippen molar-refractivity contribution >= 4 is 35.0 Å². The molecule has 0 spiro atoms. The highest BCUT2D eigenvalue weighted by Gasteiger charge is 2.13. The maximum absolute atomic E-state index is 12.1. The summed E-state index contributed by atoms with van der Waals surface area (Å²) in [4.78, 5) is 23.1. The van der Waals surface area contributed by atoms with Crippen LogP contribution in [0.1, 0.15) is 55.3 Å². The first-order valence-electron chi connectivity index (χ1n) is 8.56. The van der Waals surface area contributed by atoms with Crippen LogP contribution in [0.5, 0.6) is 0 Å². The maximum Gasteiger partial charge on any atom is 0.335 e. The van der Waals surface area contributed by atoms with E-state index in [1.165, 1.54) is 63.1 Å². The van der Waals surface area contributed by atoms with Crippen LogP contribution in [0.4, 0.5) is 11.4 Å². The van der Waals surface area contributed by atoms with E-state index < -0.39 is 5.97 Å². The maximum atomic E-state index is 12.1. The van der Waals surface area contributed by atoms with Crippen LogP contribution >= 0.6 is 11.8 Å². The van der Waals surface area contributed by atoms with Crippen LogP contribution in [0, 0.1) is 5.92 Å². The van der Waals surface area contributed by atoms with Gasteiger partial charge >= 0.3 is 5.97 Å². The van der Waals surface area contributed by atoms with Gasteiger partial charge in [0.05, 0.1) is 22.7 Å². The summed E-state index contributed by atoms with van der Waals surface area (Å²) in [6.45, 7) is 0. The first kappa shape index (κ1) is 18.6. The molecule has 0 aromatic heterocycles. The molecule has 6 heteroatoms. The van der Waals surface area contributed by atoms with Gasteiger partial charge in [0.1, 0.15) is 0 Å². The van der Waals surface area contributed by atoms with E-state index in [4.69, 9.17) is 10.8 Å². The van der Waals surface area contributed by atoms with Crippen LogP contribution < -0.4 is 11.1 Å². The van der Waals surface area contributed by atoms with E-state index in [-0.39, 0.29) is 11.5 Å². The number of nitrogens with one attached hydrogen (secondary N) is 1. The summed E-state index contributed by atoms with van der Waals surface area (Å²) >= 11 is 1.65. The lowest BCUT2D eigenvalue weighted by molar-refractivity contribution is -0.113. The lowest BCUT2D eigenvalue weighted by Gasteiger charge is -2.19. The summed E-state index contributed by atoms with van der Waals surface area (Å²) < 4.78 is 0. The van der Waals surface area contributed by atoms with Crippen molar-refractivity contribution in [3.05, 3.63) is 23.8 Å². The Morgan fingerprint density at radius 1 is 1.17 bits per heavy atom. The number of carboxylic acid groups (broad SMARTS) is 1. The van der Waals surface area contributed by atoms with Gasteiger partial charge in [-0.25, -0.2) is 4.79 Å². The first-order chi connectivity index (χ1) is 11.6. The molecule has 0 unspecified atom stereocenters. The predicted molar refractivity (Wildman–Crippen MR) is 99.6 cm³/mol. The van der Waals surface area contributed by atoms with Gasteiger partial charge in [0.15, 0.2) is 0 Å². The quantitative estimate of drug-likeness (QED) is 0.674. The molecule has 0 aliphatic heterocycles. The lowest BCUT2D eigenvalue weighted by atomic mass is 9.93. The summed E-state index contributed by atoms with van der Waals surface area (Å²) in [5, 5.41) is 11.7. The Balaban J connectivity index is 1.78. The molecule has 0 atom stereocenters. The summed E-state index contributed by atoms with van der Waals surface area (Å²) in [5.41, 5.74) is 6.65. The molecule has 4 N–H and O–H groups in total. The summed E-state index contributed by atoms with van der Waals surface area (Å²) in [6.07, 6.45) is 9.16. The number of nitrogen functional groups attached to an aromatic ring is 1. The van der Waals surface area contributed by atoms with E-state index in [1.54, 1.807) is 11.8 Å². The second kappa shape index (κ2) is 9.57. The zero-order valence-electron chi connectivity index (χ0n) is 13.9. The Labute approximate surface area is 147 Å². The van der Waals surface area contributed by atoms with Crippen molar-refractivity contribution in [2.75, 3.05) is 22.6 Å². The highest BCUT2D eigenvalue weighted by molar-refractivity contribution is 7.99. The molecule has 0 bridgehead atoms. The monoisotopic (exact) mass is 350 g/mol. The number of hydrogen-bond donors (Lipinski definition) is 3. The highest BCUT2D eigenvalue weighted by Crippen LogP contribution is 2.26. The van der Waals surface area contributed by atoms with Gasteiger partial charge in [0.2, 0.25) is 5.91 Å². The molecule has 1 amide bonds. The molecule has 1 aromatic carbocycles. The van der Waals surface area contributed by atoms with Gasteiger partial charge in [-0.05, 0) is 42.7 Å². The molecule has 0 heterocycles. The Morgan fingerprint density at radius 2 is 1.83 bits per heavy atom. The van der Waals surface area contributed by atoms with Crippen LogP contribution in [0.3, 0.4) is 0 Å². The number of anilines is 2. The summed E-state index contributed by atoms with van der Waals surface area (Å²) in [5.74, 6) is 0.915. The topological polar surface area (TPSA) is 92.4 Å². The zero-order valence-corrected chi connectivity index (χ0v) is 14.7. The van der Waals surface area contributed by atoms with Crippen molar-refractivity contribution in [3.8, 4) is 0 Å². The number of carbonyl (C=O) groups is 2. The van der Waals surface area contributed by atoms with Crippen LogP contribution in [0.25, 0.3) is 0 Å². The molecular weight excluding hydrogens is 324 g/mol. The van der Waals surface area contributed by atoms with E-state index in [0.29, 0.717) is 23.0 Å². The first-order valence-corrected chi connectivity index (χ1v) is 9.72. The predicted octanol–water partition coefficient (Wildman–Crippen LogP) is 4.00. The molecule has 1 aliphatic carbocycles. The molecule has 5 nitrogen and oxygen atoms in total. The second-order valence-electron chi connectivity index (χ2n) is 6.38. The van der Waals surface area contributed by atoms with Gasteiger partial charge in [-0.15, -0.1) is 0 Å². The fourth-order valence-electron chi connectivity index (χ4n) is 3.01. The van der Waals surface area contributed by atoms with Crippen molar-refractivity contribution in [1.29, 1.82) is 0 Å². The third-order valence-corrected chi connectivity index (χ3v) is 5.56. The Morgan fingerprint density at radius 3 is 2.50 bits per heavy atom. The third kappa shape index (κ3) is 6.07. The van der Waals surface area contributed by atoms with Crippen LogP contribution in [0.2, 0.25) is 0 Å². The van der Waals surface area contributed by atoms with Crippen LogP contribution in [0.15, 0.2) is 18.2 Å². The highest BCUT2D eigenvalue weighted by atomic mass is 32.2. The second-order valence-corrected chi connectivity index (χ2v) is 7.41. The normalized spacial score (nSPS) is 16.2. The van der Waals surface area contributed by atoms with E-state index >= 15 is 0 Å². The fourth-order valence-corrected chi connectivity index (χ4v) is 4.05. The number of hydrogen-bond acceptors (Lipinski definition) is 4. The minimum absolute atomic E-state index is 0.113. The number of nitrogens with two attached hydrogens (primary N) is 1. The van der Waals surface area contributed by atoms with Crippen molar-refractivity contribution < 1.29 is 14.7 Å². The number of aromatic carboxylic acids is 1. The number of carbonyl (C=O) groups excluding carboxylic acids is 1. The molecule has 132 valence electrons. The number of carboxylic acids is 1. The zero-order chi connectivity index (χ0) is 17.4. The van der Waals surface area contributed by atoms with Crippen molar-refractivity contribution in [1.82, 2.24) is 0 Å². The summed E-state index contributed by atoms with van der Waals surface area (Å²) in [6, 6.07) is 4.33. The summed E-state index contributed by atoms with van der Waals surface area (Å²) in [7, 11) is 0. The molecule has 2 rings (SSSR count). The third-order valence-electron chi connectivity index (χ3n) is 4.39. The molecule has 0 radical (unpaired) electrons. The minimum atomic E-state index is -1.04. The minimum Gasteiger partial charge on any atom is -0.478 e. The van der Waals surface area contributed by atoms with Gasteiger partial charge in [-0.2, -0.15) is 11.8 Å². The molecule has 1 fully saturated rings.